The van der Waals surface area contributed by atoms with Crippen LogP contribution in [0.2, 0.25) is 0 Å². The molecule has 3 N–H and O–H groups in total. The van der Waals surface area contributed by atoms with Gasteiger partial charge in [-0.05, 0) is 55.7 Å². The van der Waals surface area contributed by atoms with Gasteiger partial charge in [0.2, 0.25) is 5.91 Å². The second-order valence-electron chi connectivity index (χ2n) is 11.7. The summed E-state index contributed by atoms with van der Waals surface area (Å²) in [5.41, 5.74) is 4.25. The number of nitrogens with zero attached hydrogens (tertiary/aromatic N) is 4. The van der Waals surface area contributed by atoms with Gasteiger partial charge in [0, 0.05) is 53.3 Å². The van der Waals surface area contributed by atoms with Crippen LogP contribution in [0.15, 0.2) is 39.9 Å². The van der Waals surface area contributed by atoms with Gasteiger partial charge in [0.25, 0.3) is 0 Å². The standard InChI is InChI=1S/C29H31F3N6O3S2/c1-4-20(39)38-15(2)11-36(12-16(38)3)25-17-10-18(29(30,31)32)21(23-19(6-9-42-23)34-26(33)40)24-22(17)37(27(41)35-25)13-28(14-43-24)7-5-8-28/h4,6,9-10,15-16H,1,5,7-8,11-14H2,2-3H3,(H3,33,34,40)/t15-,16+. The Labute approximate surface area is 253 Å². The van der Waals surface area contributed by atoms with E-state index in [9.17, 15) is 14.4 Å². The van der Waals surface area contributed by atoms with E-state index in [-0.39, 0.29) is 63.8 Å². The van der Waals surface area contributed by atoms with Crippen molar-refractivity contribution < 1.29 is 22.8 Å². The molecule has 2 atom stereocenters. The van der Waals surface area contributed by atoms with Crippen LogP contribution in [-0.2, 0) is 17.5 Å². The lowest BCUT2D eigenvalue weighted by Gasteiger charge is -2.45. The number of thiophene rings is 1. The zero-order valence-electron chi connectivity index (χ0n) is 23.7. The van der Waals surface area contributed by atoms with Gasteiger partial charge in [-0.15, -0.1) is 23.1 Å². The minimum atomic E-state index is -4.76. The Balaban J connectivity index is 1.64. The molecule has 14 heteroatoms. The van der Waals surface area contributed by atoms with Gasteiger partial charge in [-0.3, -0.25) is 9.36 Å². The number of anilines is 2. The Kier molecular flexibility index (Phi) is 7.27. The van der Waals surface area contributed by atoms with E-state index in [0.29, 0.717) is 22.7 Å². The van der Waals surface area contributed by atoms with Crippen LogP contribution >= 0.6 is 23.1 Å². The summed E-state index contributed by atoms with van der Waals surface area (Å²) in [5, 5.41) is 4.30. The summed E-state index contributed by atoms with van der Waals surface area (Å²) in [7, 11) is 0. The van der Waals surface area contributed by atoms with Gasteiger partial charge in [-0.2, -0.15) is 18.2 Å². The van der Waals surface area contributed by atoms with Crippen molar-refractivity contribution in [3.8, 4) is 10.4 Å². The third-order valence-corrected chi connectivity index (χ3v) is 11.1. The zero-order chi connectivity index (χ0) is 30.8. The quantitative estimate of drug-likeness (QED) is 0.366. The lowest BCUT2D eigenvalue weighted by molar-refractivity contribution is -0.137. The third-order valence-electron chi connectivity index (χ3n) is 8.73. The van der Waals surface area contributed by atoms with Gasteiger partial charge >= 0.3 is 17.9 Å². The molecule has 2 aliphatic heterocycles. The van der Waals surface area contributed by atoms with Crippen molar-refractivity contribution in [1.82, 2.24) is 14.5 Å². The Morgan fingerprint density at radius 1 is 1.23 bits per heavy atom. The van der Waals surface area contributed by atoms with Crippen LogP contribution in [0.5, 0.6) is 0 Å². The number of primary amides is 1. The fraction of sp³-hybridized carbons (Fsp3) is 0.448. The van der Waals surface area contributed by atoms with Crippen LogP contribution < -0.4 is 21.6 Å². The molecule has 4 heterocycles. The molecule has 0 bridgehead atoms. The molecule has 1 spiro atoms. The smallest absolute Gasteiger partial charge is 0.352 e. The molecule has 1 saturated carbocycles. The average Bonchev–Trinajstić information content (AvgIpc) is 3.26. The summed E-state index contributed by atoms with van der Waals surface area (Å²) in [4.78, 5) is 46.6. The molecule has 3 aliphatic rings. The molecule has 1 aliphatic carbocycles. The highest BCUT2D eigenvalue weighted by Crippen LogP contribution is 2.55. The Morgan fingerprint density at radius 2 is 1.93 bits per heavy atom. The number of rotatable bonds is 4. The molecule has 43 heavy (non-hydrogen) atoms. The van der Waals surface area contributed by atoms with Crippen LogP contribution in [0, 0.1) is 5.41 Å². The number of carbonyl (C=O) groups is 2. The number of alkyl halides is 3. The van der Waals surface area contributed by atoms with Gasteiger partial charge in [0.1, 0.15) is 5.82 Å². The number of piperazine rings is 1. The summed E-state index contributed by atoms with van der Waals surface area (Å²) < 4.78 is 46.6. The molecule has 228 valence electrons. The fourth-order valence-corrected chi connectivity index (χ4v) is 9.25. The normalized spacial score (nSPS) is 21.4. The van der Waals surface area contributed by atoms with Gasteiger partial charge in [0.05, 0.1) is 21.6 Å². The van der Waals surface area contributed by atoms with E-state index >= 15 is 13.2 Å². The lowest BCUT2D eigenvalue weighted by Crippen LogP contribution is -2.58. The van der Waals surface area contributed by atoms with E-state index in [2.05, 4.69) is 16.9 Å². The first kappa shape index (κ1) is 29.5. The number of amides is 3. The molecule has 2 fully saturated rings. The maximum absolute atomic E-state index is 15.0. The monoisotopic (exact) mass is 632 g/mol. The van der Waals surface area contributed by atoms with Crippen LogP contribution in [0.4, 0.5) is 29.5 Å². The number of halogens is 3. The van der Waals surface area contributed by atoms with Gasteiger partial charge in [0.15, 0.2) is 0 Å². The number of carbonyl (C=O) groups excluding carboxylic acids is 2. The van der Waals surface area contributed by atoms with Crippen molar-refractivity contribution in [3.63, 3.8) is 0 Å². The lowest BCUT2D eigenvalue weighted by atomic mass is 9.70. The number of hydrogen-bond acceptors (Lipinski definition) is 7. The van der Waals surface area contributed by atoms with Crippen molar-refractivity contribution in [3.05, 3.63) is 46.2 Å². The Bertz CT molecular complexity index is 1700. The van der Waals surface area contributed by atoms with E-state index in [4.69, 9.17) is 5.73 Å². The van der Waals surface area contributed by atoms with E-state index in [0.717, 1.165) is 36.7 Å². The van der Waals surface area contributed by atoms with Crippen molar-refractivity contribution in [2.24, 2.45) is 11.1 Å². The van der Waals surface area contributed by atoms with Crippen molar-refractivity contribution in [1.29, 1.82) is 0 Å². The largest absolute Gasteiger partial charge is 0.417 e. The summed E-state index contributed by atoms with van der Waals surface area (Å²) in [5.74, 6) is 0.488. The van der Waals surface area contributed by atoms with E-state index in [1.807, 2.05) is 18.7 Å². The summed E-state index contributed by atoms with van der Waals surface area (Å²) in [6, 6.07) is 1.13. The predicted molar refractivity (Wildman–Crippen MR) is 163 cm³/mol. The highest BCUT2D eigenvalue weighted by atomic mass is 32.2. The Hall–Kier alpha value is -3.52. The maximum atomic E-state index is 15.0. The Morgan fingerprint density at radius 3 is 2.51 bits per heavy atom. The van der Waals surface area contributed by atoms with E-state index in [1.165, 1.54) is 23.9 Å². The number of thioether (sulfide) groups is 1. The second kappa shape index (κ2) is 10.6. The molecule has 0 radical (unpaired) electrons. The number of nitrogens with two attached hydrogens (primary N) is 1. The van der Waals surface area contributed by atoms with Crippen molar-refractivity contribution in [2.45, 2.75) is 62.8 Å². The topological polar surface area (TPSA) is 114 Å². The summed E-state index contributed by atoms with van der Waals surface area (Å²) in [6.07, 6.45) is -0.791. The maximum Gasteiger partial charge on any atom is 0.417 e. The van der Waals surface area contributed by atoms with E-state index < -0.39 is 23.5 Å². The van der Waals surface area contributed by atoms with E-state index in [1.54, 1.807) is 14.8 Å². The summed E-state index contributed by atoms with van der Waals surface area (Å²) >= 11 is 2.40. The number of hydrogen-bond donors (Lipinski definition) is 2. The number of aromatic nitrogens is 2. The van der Waals surface area contributed by atoms with Crippen LogP contribution in [-0.4, -0.2) is 57.3 Å². The van der Waals surface area contributed by atoms with Crippen molar-refractivity contribution in [2.75, 3.05) is 29.1 Å². The fourth-order valence-electron chi connectivity index (χ4n) is 6.73. The minimum Gasteiger partial charge on any atom is -0.352 e. The molecule has 1 aromatic carbocycles. The molecule has 3 aromatic rings. The molecule has 6 rings (SSSR count). The minimum absolute atomic E-state index is 0.0754. The highest BCUT2D eigenvalue weighted by molar-refractivity contribution is 7.99. The first-order valence-corrected chi connectivity index (χ1v) is 15.9. The van der Waals surface area contributed by atoms with Gasteiger partial charge in [-0.25, -0.2) is 9.59 Å². The molecule has 2 aromatic heterocycles. The highest BCUT2D eigenvalue weighted by Gasteiger charge is 2.44. The van der Waals surface area contributed by atoms with Gasteiger partial charge in [-0.1, -0.05) is 13.0 Å². The number of nitrogens with one attached hydrogen (secondary N) is 1. The average molecular weight is 633 g/mol. The molecule has 1 saturated heterocycles. The SMILES string of the molecule is C=CC(=O)N1[C@H](C)CN(c2nc(=O)n3c4c(c(-c5sccc5NC(N)=O)c(C(F)(F)F)cc24)SCC2(CCC2)C3)C[C@@H]1C. The van der Waals surface area contributed by atoms with Crippen LogP contribution in [0.25, 0.3) is 21.3 Å². The van der Waals surface area contributed by atoms with Gasteiger partial charge < -0.3 is 20.9 Å². The first-order chi connectivity index (χ1) is 20.3. The zero-order valence-corrected chi connectivity index (χ0v) is 25.3. The number of benzene rings is 1. The van der Waals surface area contributed by atoms with Crippen LogP contribution in [0.3, 0.4) is 0 Å². The summed E-state index contributed by atoms with van der Waals surface area (Å²) in [6.45, 7) is 8.22. The molecule has 0 unspecified atom stereocenters. The predicted octanol–water partition coefficient (Wildman–Crippen LogP) is 5.52. The first-order valence-electron chi connectivity index (χ1n) is 14.0. The van der Waals surface area contributed by atoms with Crippen molar-refractivity contribution >= 4 is 57.4 Å². The molecular weight excluding hydrogens is 601 g/mol. The molecular formula is C29H31F3N6O3S2. The number of urea groups is 1. The molecule has 9 nitrogen and oxygen atoms in total. The van der Waals surface area contributed by atoms with Crippen LogP contribution in [0.1, 0.15) is 38.7 Å². The third kappa shape index (κ3) is 4.97. The molecule has 3 amide bonds. The second-order valence-corrected chi connectivity index (χ2v) is 13.6.